The molecule has 0 fully saturated rings. The molecule has 0 saturated heterocycles. The fourth-order valence-electron chi connectivity index (χ4n) is 4.79. The molecule has 0 atom stereocenters. The number of aromatic nitrogens is 1. The lowest BCUT2D eigenvalue weighted by Gasteiger charge is -2.22. The Morgan fingerprint density at radius 1 is 1.11 bits per heavy atom. The van der Waals surface area contributed by atoms with Gasteiger partial charge < -0.3 is 20.3 Å². The van der Waals surface area contributed by atoms with Gasteiger partial charge in [-0.05, 0) is 53.3 Å². The molecule has 1 amide bonds. The highest BCUT2D eigenvalue weighted by Gasteiger charge is 2.32. The molecule has 0 unspecified atom stereocenters. The second-order valence-corrected chi connectivity index (χ2v) is 9.66. The second-order valence-electron chi connectivity index (χ2n) is 8.74. The van der Waals surface area contributed by atoms with Crippen LogP contribution in [0.5, 0.6) is 5.75 Å². The first-order chi connectivity index (χ1) is 18.0. The van der Waals surface area contributed by atoms with Crippen LogP contribution in [0.4, 0.5) is 22.7 Å². The molecule has 2 aromatic heterocycles. The number of benzene rings is 2. The normalized spacial score (nSPS) is 12.6. The van der Waals surface area contributed by atoms with Gasteiger partial charge >= 0.3 is 0 Å². The summed E-state index contributed by atoms with van der Waals surface area (Å²) in [7, 11) is 1.39. The molecule has 2 N–H and O–H groups in total. The van der Waals surface area contributed by atoms with Gasteiger partial charge in [0.15, 0.2) is 5.75 Å². The van der Waals surface area contributed by atoms with Crippen LogP contribution in [0.15, 0.2) is 75.8 Å². The number of thiophene rings is 1. The van der Waals surface area contributed by atoms with Gasteiger partial charge in [-0.3, -0.25) is 19.4 Å². The van der Waals surface area contributed by atoms with E-state index in [9.17, 15) is 14.4 Å². The third-order valence-corrected chi connectivity index (χ3v) is 7.55. The minimum atomic E-state index is -0.604. The van der Waals surface area contributed by atoms with Gasteiger partial charge in [-0.1, -0.05) is 24.3 Å². The van der Waals surface area contributed by atoms with Gasteiger partial charge in [0.05, 0.1) is 18.3 Å². The number of anilines is 4. The van der Waals surface area contributed by atoms with E-state index < -0.39 is 10.9 Å². The van der Waals surface area contributed by atoms with Crippen molar-refractivity contribution in [2.75, 3.05) is 29.2 Å². The van der Waals surface area contributed by atoms with E-state index in [2.05, 4.69) is 15.6 Å². The van der Waals surface area contributed by atoms with Crippen LogP contribution in [0.3, 0.4) is 0 Å². The van der Waals surface area contributed by atoms with Crippen molar-refractivity contribution in [3.63, 3.8) is 0 Å². The molecule has 0 saturated carbocycles. The van der Waals surface area contributed by atoms with Gasteiger partial charge in [-0.2, -0.15) is 0 Å². The van der Waals surface area contributed by atoms with Crippen molar-refractivity contribution in [3.05, 3.63) is 103 Å². The average molecular weight is 511 g/mol. The van der Waals surface area contributed by atoms with Gasteiger partial charge in [0.25, 0.3) is 16.8 Å². The van der Waals surface area contributed by atoms with Crippen molar-refractivity contribution in [2.45, 2.75) is 13.0 Å². The average Bonchev–Trinajstić information content (AvgIpc) is 3.56. The number of amides is 1. The number of hydrogen-bond donors (Lipinski definition) is 2. The smallest absolute Gasteiger partial charge is 0.272 e. The monoisotopic (exact) mass is 510 g/mol. The number of carbonyl (C=O) groups is 1. The summed E-state index contributed by atoms with van der Waals surface area (Å²) in [6.45, 7) is 1.12. The zero-order valence-electron chi connectivity index (χ0n) is 19.9. The maximum absolute atomic E-state index is 13.2. The lowest BCUT2D eigenvalue weighted by Crippen LogP contribution is -2.38. The number of hydrogen-bond acceptors (Lipinski definition) is 8. The van der Waals surface area contributed by atoms with Crippen LogP contribution in [-0.4, -0.2) is 24.5 Å². The van der Waals surface area contributed by atoms with Crippen molar-refractivity contribution in [3.8, 4) is 5.75 Å². The van der Waals surface area contributed by atoms with Crippen LogP contribution >= 0.6 is 11.3 Å². The first-order valence-corrected chi connectivity index (χ1v) is 12.7. The SMILES string of the molecule is COc1c(N2CCc3ccc(NC(=O)c4sccc4NCc4ccnc5ccccc45)cc32)c(=O)c1=O. The predicted molar refractivity (Wildman–Crippen MR) is 146 cm³/mol. The summed E-state index contributed by atoms with van der Waals surface area (Å²) >= 11 is 1.36. The number of rotatable bonds is 7. The van der Waals surface area contributed by atoms with E-state index in [0.717, 1.165) is 39.8 Å². The number of fused-ring (bicyclic) bond motifs is 2. The van der Waals surface area contributed by atoms with Gasteiger partial charge in [0.2, 0.25) is 0 Å². The van der Waals surface area contributed by atoms with E-state index in [1.54, 1.807) is 11.1 Å². The molecular formula is C28H22N4O4S. The quantitative estimate of drug-likeness (QED) is 0.312. The Hall–Kier alpha value is -4.50. The molecule has 0 aliphatic carbocycles. The van der Waals surface area contributed by atoms with E-state index in [1.165, 1.54) is 18.4 Å². The molecule has 0 spiro atoms. The van der Waals surface area contributed by atoms with Crippen LogP contribution in [0, 0.1) is 0 Å². The zero-order valence-corrected chi connectivity index (χ0v) is 20.7. The Morgan fingerprint density at radius 2 is 1.97 bits per heavy atom. The molecule has 1 aliphatic rings. The summed E-state index contributed by atoms with van der Waals surface area (Å²) in [4.78, 5) is 44.0. The van der Waals surface area contributed by atoms with E-state index >= 15 is 0 Å². The molecule has 5 aromatic rings. The van der Waals surface area contributed by atoms with Gasteiger partial charge in [-0.15, -0.1) is 11.3 Å². The Kier molecular flexibility index (Phi) is 5.69. The highest BCUT2D eigenvalue weighted by atomic mass is 32.1. The summed E-state index contributed by atoms with van der Waals surface area (Å²) in [5, 5.41) is 9.32. The molecule has 184 valence electrons. The molecule has 37 heavy (non-hydrogen) atoms. The van der Waals surface area contributed by atoms with Crippen LogP contribution in [0.2, 0.25) is 0 Å². The number of carbonyl (C=O) groups excluding carboxylic acids is 1. The van der Waals surface area contributed by atoms with Crippen LogP contribution in [0.25, 0.3) is 10.9 Å². The molecule has 1 aliphatic heterocycles. The van der Waals surface area contributed by atoms with Crippen molar-refractivity contribution in [2.24, 2.45) is 0 Å². The number of pyridine rings is 1. The van der Waals surface area contributed by atoms with Crippen molar-refractivity contribution in [1.82, 2.24) is 4.98 Å². The predicted octanol–water partition coefficient (Wildman–Crippen LogP) is 4.46. The fourth-order valence-corrected chi connectivity index (χ4v) is 5.56. The molecule has 8 nitrogen and oxygen atoms in total. The maximum atomic E-state index is 13.2. The molecule has 0 bridgehead atoms. The Morgan fingerprint density at radius 3 is 2.84 bits per heavy atom. The van der Waals surface area contributed by atoms with Crippen molar-refractivity contribution < 1.29 is 9.53 Å². The lowest BCUT2D eigenvalue weighted by atomic mass is 10.1. The Labute approximate surface area is 215 Å². The van der Waals surface area contributed by atoms with Crippen molar-refractivity contribution in [1.29, 1.82) is 0 Å². The highest BCUT2D eigenvalue weighted by molar-refractivity contribution is 7.12. The molecule has 6 rings (SSSR count). The second kappa shape index (κ2) is 9.18. The van der Waals surface area contributed by atoms with Crippen molar-refractivity contribution >= 4 is 50.9 Å². The minimum Gasteiger partial charge on any atom is -0.491 e. The highest BCUT2D eigenvalue weighted by Crippen LogP contribution is 2.38. The molecule has 0 radical (unpaired) electrons. The van der Waals surface area contributed by atoms with Crippen LogP contribution in [-0.2, 0) is 13.0 Å². The number of nitrogens with one attached hydrogen (secondary N) is 2. The Bertz CT molecular complexity index is 1730. The largest absolute Gasteiger partial charge is 0.491 e. The topological polar surface area (TPSA) is 101 Å². The van der Waals surface area contributed by atoms with Crippen LogP contribution in [0.1, 0.15) is 20.8 Å². The van der Waals surface area contributed by atoms with Gasteiger partial charge in [0.1, 0.15) is 10.6 Å². The third-order valence-electron chi connectivity index (χ3n) is 6.64. The van der Waals surface area contributed by atoms with Gasteiger partial charge in [-0.25, -0.2) is 0 Å². The fraction of sp³-hybridized carbons (Fsp3) is 0.143. The maximum Gasteiger partial charge on any atom is 0.272 e. The summed E-state index contributed by atoms with van der Waals surface area (Å²) in [5.41, 5.74) is 4.33. The van der Waals surface area contributed by atoms with Crippen LogP contribution < -0.4 is 31.1 Å². The standard InChI is InChI=1S/C28H22N4O4S/c1-36-26-23(24(33)25(26)34)32-12-9-16-6-7-18(14-22(16)32)31-28(35)27-21(10-13-37-27)30-15-17-8-11-29-20-5-3-2-4-19(17)20/h2-8,10-11,13-14,30H,9,12,15H2,1H3,(H,31,35). The summed E-state index contributed by atoms with van der Waals surface area (Å²) in [6, 6.07) is 17.5. The molecular weight excluding hydrogens is 488 g/mol. The number of ether oxygens (including phenoxy) is 1. The molecule has 3 aromatic carbocycles. The number of para-hydroxylation sites is 1. The zero-order chi connectivity index (χ0) is 25.5. The molecule has 3 heterocycles. The van der Waals surface area contributed by atoms with E-state index in [-0.39, 0.29) is 17.3 Å². The van der Waals surface area contributed by atoms with E-state index in [4.69, 9.17) is 4.74 Å². The lowest BCUT2D eigenvalue weighted by molar-refractivity contribution is 0.103. The van der Waals surface area contributed by atoms with E-state index in [0.29, 0.717) is 23.7 Å². The van der Waals surface area contributed by atoms with Gasteiger partial charge in [0, 0.05) is 36.0 Å². The third kappa shape index (κ3) is 3.93. The number of methoxy groups -OCH3 is 1. The number of nitrogens with zero attached hydrogens (tertiary/aromatic N) is 2. The minimum absolute atomic E-state index is 0.0866. The van der Waals surface area contributed by atoms with E-state index in [1.807, 2.05) is 60.0 Å². The first-order valence-electron chi connectivity index (χ1n) is 11.8. The summed E-state index contributed by atoms with van der Waals surface area (Å²) in [5.74, 6) is -0.142. The Balaban J connectivity index is 1.20. The summed E-state index contributed by atoms with van der Waals surface area (Å²) < 4.78 is 5.13. The molecule has 9 heteroatoms. The summed E-state index contributed by atoms with van der Waals surface area (Å²) in [6.07, 6.45) is 2.52. The first kappa shape index (κ1) is 22.9.